The molecule has 45 heavy (non-hydrogen) atoms. The monoisotopic (exact) mass is 693 g/mol. The van der Waals surface area contributed by atoms with Crippen LogP contribution in [-0.4, -0.2) is 103 Å². The molecule has 0 aromatic carbocycles. The fourth-order valence-corrected chi connectivity index (χ4v) is 7.62. The summed E-state index contributed by atoms with van der Waals surface area (Å²) in [6.45, 7) is -1.59. The number of hydrogen-bond donors (Lipinski definition) is 6. The Morgan fingerprint density at radius 1 is 0.889 bits per heavy atom. The molecule has 22 nitrogen and oxygen atoms in total. The number of rotatable bonds is 2. The van der Waals surface area contributed by atoms with Crippen LogP contribution >= 0.6 is 27.2 Å². The molecule has 0 spiro atoms. The van der Waals surface area contributed by atoms with Crippen molar-refractivity contribution in [2.75, 3.05) is 18.9 Å². The number of hydrogen-bond acceptors (Lipinski definition) is 16. The summed E-state index contributed by atoms with van der Waals surface area (Å²) in [6, 6.07) is 0. The van der Waals surface area contributed by atoms with Crippen LogP contribution in [0.2, 0.25) is 0 Å². The summed E-state index contributed by atoms with van der Waals surface area (Å²) in [5.74, 6) is -0.282. The summed E-state index contributed by atoms with van der Waals surface area (Å²) in [4.78, 5) is 66.4. The Kier molecular flexibility index (Phi) is 7.47. The Morgan fingerprint density at radius 2 is 1.49 bits per heavy atom. The first-order valence-electron chi connectivity index (χ1n) is 12.9. The van der Waals surface area contributed by atoms with Gasteiger partial charge in [0.25, 0.3) is 11.1 Å². The van der Waals surface area contributed by atoms with Crippen LogP contribution in [0.3, 0.4) is 0 Å². The smallest absolute Gasteiger partial charge is 0.387 e. The highest BCUT2D eigenvalue weighted by molar-refractivity contribution is 7.47. The van der Waals surface area contributed by atoms with Gasteiger partial charge < -0.3 is 35.1 Å². The third-order valence-corrected chi connectivity index (χ3v) is 9.69. The molecule has 3 aliphatic rings. The molecule has 242 valence electrons. The van der Waals surface area contributed by atoms with Gasteiger partial charge in [-0.3, -0.25) is 41.8 Å². The Morgan fingerprint density at radius 3 is 2.20 bits per heavy atom. The van der Waals surface area contributed by atoms with E-state index < -0.39 is 88.3 Å². The number of H-pyrrole nitrogens is 2. The number of halogens is 1. The Labute approximate surface area is 253 Å². The van der Waals surface area contributed by atoms with Gasteiger partial charge in [0, 0.05) is 0 Å². The third kappa shape index (κ3) is 5.41. The molecule has 0 amide bonds. The average Bonchev–Trinajstić information content (AvgIpc) is 3.72. The number of aromatic amines is 2. The molecule has 3 fully saturated rings. The largest absolute Gasteiger partial charge is 0.472 e. The summed E-state index contributed by atoms with van der Waals surface area (Å²) in [7, 11) is -10.1. The Bertz CT molecular complexity index is 2000. The number of fused-ring (bicyclic) bond motifs is 5. The lowest BCUT2D eigenvalue weighted by Gasteiger charge is -2.25. The van der Waals surface area contributed by atoms with Crippen molar-refractivity contribution in [2.45, 2.75) is 48.4 Å². The number of anilines is 1. The van der Waals surface area contributed by atoms with Crippen molar-refractivity contribution >= 4 is 55.5 Å². The molecule has 7 heterocycles. The van der Waals surface area contributed by atoms with E-state index in [1.54, 1.807) is 0 Å². The zero-order valence-electron chi connectivity index (χ0n) is 22.2. The van der Waals surface area contributed by atoms with E-state index in [1.807, 2.05) is 0 Å². The van der Waals surface area contributed by atoms with Crippen LogP contribution in [0.15, 0.2) is 28.6 Å². The second-order valence-electron chi connectivity index (χ2n) is 10.1. The minimum atomic E-state index is -5.10. The summed E-state index contributed by atoms with van der Waals surface area (Å²) in [6.07, 6.45) is -7.12. The molecule has 3 aliphatic heterocycles. The molecule has 0 saturated carbocycles. The highest BCUT2D eigenvalue weighted by atomic mass is 35.5. The molecule has 3 saturated heterocycles. The minimum Gasteiger partial charge on any atom is -0.387 e. The molecular weight excluding hydrogens is 672 g/mol. The van der Waals surface area contributed by atoms with Gasteiger partial charge in [-0.25, -0.2) is 24.1 Å². The van der Waals surface area contributed by atoms with Crippen LogP contribution < -0.4 is 16.9 Å². The molecule has 25 heteroatoms. The van der Waals surface area contributed by atoms with Gasteiger partial charge in [-0.15, -0.1) is 11.6 Å². The predicted molar refractivity (Wildman–Crippen MR) is 145 cm³/mol. The fourth-order valence-electron chi connectivity index (χ4n) is 5.25. The number of alkyl halides is 1. The number of nitrogens with two attached hydrogens (primary N) is 1. The lowest BCUT2D eigenvalue weighted by atomic mass is 10.1. The molecule has 4 aromatic heterocycles. The third-order valence-electron chi connectivity index (χ3n) is 7.26. The van der Waals surface area contributed by atoms with E-state index in [9.17, 15) is 33.6 Å². The SMILES string of the molecule is Nc1nc2c(ncn2[C@@H]2O[C@@H]3COP(=O)(O)O[C@H]4[C@H](Cl)[C@H](n5cnc6c(=O)[nH]cnc65)O[C@@H]4COP(=O)(O)O[C@@H]2[C@@H]3O)c(=O)[nH]1. The minimum absolute atomic E-state index is 0.0505. The van der Waals surface area contributed by atoms with E-state index >= 15 is 0 Å². The van der Waals surface area contributed by atoms with Gasteiger partial charge in [-0.2, -0.15) is 4.98 Å². The average molecular weight is 694 g/mol. The predicted octanol–water partition coefficient (Wildman–Crippen LogP) is -1.38. The molecular formula is C20H22ClN9O13P2. The highest BCUT2D eigenvalue weighted by Crippen LogP contribution is 2.54. The van der Waals surface area contributed by atoms with Gasteiger partial charge in [0.1, 0.15) is 35.9 Å². The number of aliphatic hydroxyl groups is 1. The van der Waals surface area contributed by atoms with Gasteiger partial charge in [-0.1, -0.05) is 0 Å². The van der Waals surface area contributed by atoms with Crippen LogP contribution in [0.25, 0.3) is 22.3 Å². The maximum Gasteiger partial charge on any atom is 0.472 e. The molecule has 0 aliphatic carbocycles. The quantitative estimate of drug-likeness (QED) is 0.104. The first-order chi connectivity index (χ1) is 21.3. The van der Waals surface area contributed by atoms with Crippen molar-refractivity contribution in [1.82, 2.24) is 39.0 Å². The van der Waals surface area contributed by atoms with Crippen LogP contribution in [0.5, 0.6) is 0 Å². The first kappa shape index (κ1) is 30.5. The van der Waals surface area contributed by atoms with Gasteiger partial charge in [-0.05, 0) is 0 Å². The summed E-state index contributed by atoms with van der Waals surface area (Å²) < 4.78 is 61.3. The lowest BCUT2D eigenvalue weighted by Crippen LogP contribution is -2.35. The Balaban J connectivity index is 1.21. The van der Waals surface area contributed by atoms with E-state index in [2.05, 4.69) is 29.9 Å². The van der Waals surface area contributed by atoms with Crippen LogP contribution in [0, 0.1) is 0 Å². The van der Waals surface area contributed by atoms with Gasteiger partial charge in [0.05, 0.1) is 32.2 Å². The number of phosphoric acid groups is 2. The molecule has 7 N–H and O–H groups in total. The van der Waals surface area contributed by atoms with E-state index in [0.29, 0.717) is 0 Å². The Hall–Kier alpha value is -3.11. The number of nitrogens with one attached hydrogen (secondary N) is 2. The zero-order chi connectivity index (χ0) is 31.8. The zero-order valence-corrected chi connectivity index (χ0v) is 24.8. The van der Waals surface area contributed by atoms with E-state index in [0.717, 1.165) is 17.2 Å². The van der Waals surface area contributed by atoms with E-state index in [4.69, 9.17) is 44.9 Å². The first-order valence-corrected chi connectivity index (χ1v) is 16.3. The van der Waals surface area contributed by atoms with Crippen molar-refractivity contribution < 1.29 is 51.6 Å². The molecule has 2 bridgehead atoms. The van der Waals surface area contributed by atoms with Crippen molar-refractivity contribution in [2.24, 2.45) is 0 Å². The number of nitrogen functional groups attached to an aromatic ring is 1. The van der Waals surface area contributed by atoms with Crippen LogP contribution in [0.4, 0.5) is 5.95 Å². The normalized spacial score (nSPS) is 37.7. The van der Waals surface area contributed by atoms with Gasteiger partial charge in [0.15, 0.2) is 34.8 Å². The fraction of sp³-hybridized carbons (Fsp3) is 0.500. The van der Waals surface area contributed by atoms with Crippen molar-refractivity contribution in [3.05, 3.63) is 39.7 Å². The second-order valence-corrected chi connectivity index (χ2v) is 13.4. The standard InChI is InChI=1S/C20H22ClN9O13P2/c21-8-12-7(41-18(8)29-4-25-9-14(29)23-3-24-16(9)32)2-39-45(36,37)43-13-11(31)6(1-38-44(34,35)42-12)40-19(13)30-5-26-10-15(30)27-20(22)28-17(10)33/h3-8,11-13,18-19,31H,1-2H2,(H,34,35)(H,36,37)(H,23,24,32)(H3,22,27,28,33)/t6-,7-,8+,11-,12-,13-,18-,19-/m1/s1. The molecule has 0 radical (unpaired) electrons. The van der Waals surface area contributed by atoms with Crippen molar-refractivity contribution in [3.63, 3.8) is 0 Å². The summed E-state index contributed by atoms with van der Waals surface area (Å²) in [5.41, 5.74) is 4.11. The van der Waals surface area contributed by atoms with Gasteiger partial charge >= 0.3 is 15.6 Å². The number of ether oxygens (including phenoxy) is 2. The topological polar surface area (TPSA) is 303 Å². The number of phosphoric ester groups is 2. The number of imidazole rings is 2. The molecule has 10 atom stereocenters. The van der Waals surface area contributed by atoms with Crippen molar-refractivity contribution in [3.8, 4) is 0 Å². The highest BCUT2D eigenvalue weighted by Gasteiger charge is 2.54. The molecule has 7 rings (SSSR count). The van der Waals surface area contributed by atoms with Gasteiger partial charge in [0.2, 0.25) is 5.95 Å². The molecule has 4 aromatic rings. The summed E-state index contributed by atoms with van der Waals surface area (Å²) >= 11 is 6.61. The van der Waals surface area contributed by atoms with Crippen molar-refractivity contribution in [1.29, 1.82) is 0 Å². The number of aromatic nitrogens is 8. The van der Waals surface area contributed by atoms with Crippen LogP contribution in [-0.2, 0) is 36.7 Å². The number of nitrogens with zero attached hydrogens (tertiary/aromatic N) is 6. The van der Waals surface area contributed by atoms with E-state index in [-0.39, 0.29) is 28.3 Å². The van der Waals surface area contributed by atoms with Crippen LogP contribution in [0.1, 0.15) is 12.5 Å². The maximum atomic E-state index is 13.2. The lowest BCUT2D eigenvalue weighted by molar-refractivity contribution is -0.0670. The van der Waals surface area contributed by atoms with E-state index in [1.165, 1.54) is 10.9 Å². The second kappa shape index (κ2) is 11.0. The number of aliphatic hydroxyl groups excluding tert-OH is 1. The maximum absolute atomic E-state index is 13.2. The molecule has 2 unspecified atom stereocenters. The summed E-state index contributed by atoms with van der Waals surface area (Å²) in [5, 5.41) is 9.72.